The molecule has 5 rings (SSSR count). The summed E-state index contributed by atoms with van der Waals surface area (Å²) >= 11 is 7.37. The van der Waals surface area contributed by atoms with Crippen LogP contribution in [0.1, 0.15) is 39.6 Å². The summed E-state index contributed by atoms with van der Waals surface area (Å²) in [6.07, 6.45) is 6.98. The third-order valence-electron chi connectivity index (χ3n) is 6.71. The van der Waals surface area contributed by atoms with Crippen molar-refractivity contribution in [3.05, 3.63) is 58.6 Å². The van der Waals surface area contributed by atoms with Gasteiger partial charge in [-0.3, -0.25) is 19.4 Å². The lowest BCUT2D eigenvalue weighted by molar-refractivity contribution is -0.134. The Labute approximate surface area is 222 Å². The molecule has 192 valence electrons. The molecule has 1 aromatic carbocycles. The highest BCUT2D eigenvalue weighted by molar-refractivity contribution is 7.20. The molecule has 3 heterocycles. The first-order chi connectivity index (χ1) is 17.7. The molecule has 11 heteroatoms. The highest BCUT2D eigenvalue weighted by Gasteiger charge is 2.37. The van der Waals surface area contributed by atoms with E-state index in [-0.39, 0.29) is 35.4 Å². The Morgan fingerprint density at radius 2 is 1.84 bits per heavy atom. The molecule has 0 saturated heterocycles. The van der Waals surface area contributed by atoms with Crippen molar-refractivity contribution in [1.82, 2.24) is 30.1 Å². The van der Waals surface area contributed by atoms with Crippen LogP contribution < -0.4 is 10.6 Å². The summed E-state index contributed by atoms with van der Waals surface area (Å²) in [7, 11) is 5.36. The number of carbonyl (C=O) groups is 3. The van der Waals surface area contributed by atoms with E-state index in [1.165, 1.54) is 11.3 Å². The fourth-order valence-electron chi connectivity index (χ4n) is 4.84. The molecule has 0 bridgehead atoms. The van der Waals surface area contributed by atoms with Crippen LogP contribution >= 0.6 is 22.9 Å². The van der Waals surface area contributed by atoms with E-state index in [1.807, 2.05) is 30.1 Å². The van der Waals surface area contributed by atoms with Crippen molar-refractivity contribution in [1.29, 1.82) is 0 Å². The summed E-state index contributed by atoms with van der Waals surface area (Å²) in [5.74, 6) is -0.876. The molecule has 2 N–H and O–H groups in total. The van der Waals surface area contributed by atoms with Crippen LogP contribution in [-0.4, -0.2) is 63.3 Å². The maximum Gasteiger partial charge on any atom is 0.280 e. The number of nitrogens with one attached hydrogen (secondary N) is 2. The fourth-order valence-corrected chi connectivity index (χ4v) is 5.95. The Hall–Kier alpha value is -3.50. The second-order valence-electron chi connectivity index (χ2n) is 9.66. The van der Waals surface area contributed by atoms with Crippen molar-refractivity contribution < 1.29 is 14.4 Å². The minimum Gasteiger partial charge on any atom is -0.354 e. The number of fused-ring (bicyclic) bond motifs is 2. The maximum absolute atomic E-state index is 13.2. The number of halogens is 1. The van der Waals surface area contributed by atoms with E-state index in [1.54, 1.807) is 43.4 Å². The SMILES string of the molecule is CN(C)C(=O)[C@H]1CC[C@H](NC(=O)c2cc3ccc(Cl)cc3cn2)[C@H](NC(=O)c2nc3cn(C)cc3s2)C1. The molecular weight excluding hydrogens is 512 g/mol. The van der Waals surface area contributed by atoms with Crippen molar-refractivity contribution in [2.75, 3.05) is 14.1 Å². The van der Waals surface area contributed by atoms with Crippen molar-refractivity contribution in [2.24, 2.45) is 13.0 Å². The van der Waals surface area contributed by atoms with Crippen molar-refractivity contribution in [3.63, 3.8) is 0 Å². The average Bonchev–Trinajstić information content (AvgIpc) is 3.41. The van der Waals surface area contributed by atoms with Gasteiger partial charge in [-0.1, -0.05) is 17.7 Å². The molecule has 37 heavy (non-hydrogen) atoms. The van der Waals surface area contributed by atoms with Gasteiger partial charge >= 0.3 is 0 Å². The molecular formula is C26H27ClN6O3S. The molecule has 0 spiro atoms. The minimum atomic E-state index is -0.437. The Balaban J connectivity index is 1.35. The molecule has 0 unspecified atom stereocenters. The molecule has 4 aromatic rings. The number of thiazole rings is 1. The Bertz CT molecular complexity index is 1480. The van der Waals surface area contributed by atoms with Crippen LogP contribution in [0.5, 0.6) is 0 Å². The first kappa shape index (κ1) is 25.2. The quantitative estimate of drug-likeness (QED) is 0.403. The molecule has 1 aliphatic rings. The summed E-state index contributed by atoms with van der Waals surface area (Å²) in [5, 5.41) is 8.74. The average molecular weight is 539 g/mol. The van der Waals surface area contributed by atoms with Crippen molar-refractivity contribution in [2.45, 2.75) is 31.3 Å². The Kier molecular flexibility index (Phi) is 6.87. The third-order valence-corrected chi connectivity index (χ3v) is 7.95. The van der Waals surface area contributed by atoms with Crippen LogP contribution in [0, 0.1) is 5.92 Å². The highest BCUT2D eigenvalue weighted by Crippen LogP contribution is 2.28. The zero-order valence-corrected chi connectivity index (χ0v) is 22.3. The van der Waals surface area contributed by atoms with Gasteiger partial charge in [-0.2, -0.15) is 0 Å². The van der Waals surface area contributed by atoms with Gasteiger partial charge in [0.05, 0.1) is 16.3 Å². The Morgan fingerprint density at radius 1 is 1.05 bits per heavy atom. The lowest BCUT2D eigenvalue weighted by atomic mass is 9.81. The molecule has 0 aliphatic heterocycles. The summed E-state index contributed by atoms with van der Waals surface area (Å²) in [6, 6.07) is 6.32. The maximum atomic E-state index is 13.2. The van der Waals surface area contributed by atoms with Gasteiger partial charge in [0, 0.05) is 62.1 Å². The molecule has 3 amide bonds. The van der Waals surface area contributed by atoms with Gasteiger partial charge in [-0.25, -0.2) is 4.98 Å². The van der Waals surface area contributed by atoms with Crippen LogP contribution in [0.3, 0.4) is 0 Å². The number of hydrogen-bond donors (Lipinski definition) is 2. The number of pyridine rings is 1. The number of amides is 3. The van der Waals surface area contributed by atoms with Crippen LogP contribution in [0.4, 0.5) is 0 Å². The fraction of sp³-hybridized carbons (Fsp3) is 0.346. The molecule has 1 aliphatic carbocycles. The predicted molar refractivity (Wildman–Crippen MR) is 144 cm³/mol. The van der Waals surface area contributed by atoms with E-state index in [0.717, 1.165) is 21.0 Å². The third kappa shape index (κ3) is 5.30. The van der Waals surface area contributed by atoms with Gasteiger partial charge in [0.1, 0.15) is 5.69 Å². The number of hydrogen-bond acceptors (Lipinski definition) is 6. The van der Waals surface area contributed by atoms with Gasteiger partial charge in [-0.05, 0) is 42.8 Å². The molecule has 3 atom stereocenters. The highest BCUT2D eigenvalue weighted by atomic mass is 35.5. The van der Waals surface area contributed by atoms with Gasteiger partial charge in [0.2, 0.25) is 5.91 Å². The van der Waals surface area contributed by atoms with E-state index >= 15 is 0 Å². The van der Waals surface area contributed by atoms with Crippen molar-refractivity contribution in [3.8, 4) is 0 Å². The number of rotatable bonds is 5. The zero-order chi connectivity index (χ0) is 26.3. The van der Waals surface area contributed by atoms with Crippen LogP contribution in [0.25, 0.3) is 21.0 Å². The molecule has 3 aromatic heterocycles. The van der Waals surface area contributed by atoms with E-state index in [0.29, 0.717) is 29.3 Å². The number of aryl methyl sites for hydroxylation is 1. The second kappa shape index (κ2) is 10.1. The molecule has 9 nitrogen and oxygen atoms in total. The predicted octanol–water partition coefficient (Wildman–Crippen LogP) is 3.62. The summed E-state index contributed by atoms with van der Waals surface area (Å²) in [4.78, 5) is 49.4. The summed E-state index contributed by atoms with van der Waals surface area (Å²) in [5.41, 5.74) is 1.04. The topological polar surface area (TPSA) is 109 Å². The van der Waals surface area contributed by atoms with Gasteiger partial charge < -0.3 is 20.1 Å². The lowest BCUT2D eigenvalue weighted by Crippen LogP contribution is -2.56. The normalized spacial score (nSPS) is 19.6. The summed E-state index contributed by atoms with van der Waals surface area (Å²) < 4.78 is 2.82. The van der Waals surface area contributed by atoms with E-state index in [9.17, 15) is 14.4 Å². The van der Waals surface area contributed by atoms with Crippen LogP contribution in [0.15, 0.2) is 42.9 Å². The number of carbonyl (C=O) groups excluding carboxylic acids is 3. The minimum absolute atomic E-state index is 0.0133. The van der Waals surface area contributed by atoms with Gasteiger partial charge in [0.25, 0.3) is 11.8 Å². The smallest absolute Gasteiger partial charge is 0.280 e. The molecule has 1 saturated carbocycles. The number of aromatic nitrogens is 3. The van der Waals surface area contributed by atoms with Crippen LogP contribution in [0.2, 0.25) is 5.02 Å². The monoisotopic (exact) mass is 538 g/mol. The molecule has 1 fully saturated rings. The first-order valence-corrected chi connectivity index (χ1v) is 13.2. The Morgan fingerprint density at radius 3 is 2.59 bits per heavy atom. The standard InChI is InChI=1S/C26H27ClN6O3S/c1-32(2)26(36)15-5-7-18(29-23(34)20-9-14-4-6-17(27)8-16(14)11-28-20)19(10-15)30-24(35)25-31-21-12-33(3)13-22(21)37-25/h4,6,8-9,11-13,15,18-19H,5,7,10H2,1-3H3,(H,29,34)(H,30,35)/t15-,18-,19+/m0/s1. The number of benzene rings is 1. The zero-order valence-electron chi connectivity index (χ0n) is 20.7. The second-order valence-corrected chi connectivity index (χ2v) is 11.1. The van der Waals surface area contributed by atoms with E-state index < -0.39 is 6.04 Å². The largest absolute Gasteiger partial charge is 0.354 e. The lowest BCUT2D eigenvalue weighted by Gasteiger charge is -2.37. The van der Waals surface area contributed by atoms with E-state index in [4.69, 9.17) is 11.6 Å². The number of nitrogens with zero attached hydrogens (tertiary/aromatic N) is 4. The molecule has 0 radical (unpaired) electrons. The van der Waals surface area contributed by atoms with Crippen LogP contribution in [-0.2, 0) is 11.8 Å². The van der Waals surface area contributed by atoms with Gasteiger partial charge in [0.15, 0.2) is 5.01 Å². The summed E-state index contributed by atoms with van der Waals surface area (Å²) in [6.45, 7) is 0. The van der Waals surface area contributed by atoms with Crippen molar-refractivity contribution >= 4 is 61.6 Å². The van der Waals surface area contributed by atoms with E-state index in [2.05, 4.69) is 20.6 Å². The van der Waals surface area contributed by atoms with Gasteiger partial charge in [-0.15, -0.1) is 11.3 Å². The first-order valence-electron chi connectivity index (χ1n) is 12.0.